The maximum absolute atomic E-state index is 14.3. The summed E-state index contributed by atoms with van der Waals surface area (Å²) in [5, 5.41) is 0. The molecule has 1 aliphatic rings. The minimum absolute atomic E-state index is 0.0216. The Bertz CT molecular complexity index is 1190. The van der Waals surface area contributed by atoms with E-state index in [1.807, 2.05) is 99.6 Å². The Morgan fingerprint density at radius 1 is 0.649 bits per heavy atom. The molecular weight excluding hydrogens is 464 g/mol. The first kappa shape index (κ1) is 26.3. The average Bonchev–Trinajstić information content (AvgIpc) is 2.92. The number of benzene rings is 3. The predicted molar refractivity (Wildman–Crippen MR) is 144 cm³/mol. The molecule has 0 spiro atoms. The number of nitrogens with zero attached hydrogens (tertiary/aromatic N) is 2. The summed E-state index contributed by atoms with van der Waals surface area (Å²) in [5.74, 6) is 1.24. The van der Waals surface area contributed by atoms with Crippen molar-refractivity contribution in [3.8, 4) is 11.5 Å². The molecular formula is C31H36N2O4. The summed E-state index contributed by atoms with van der Waals surface area (Å²) >= 11 is 0. The normalized spacial score (nSPS) is 18.8. The molecule has 0 unspecified atom stereocenters. The fourth-order valence-electron chi connectivity index (χ4n) is 5.16. The van der Waals surface area contributed by atoms with Crippen LogP contribution in [-0.2, 0) is 22.7 Å². The third-order valence-corrected chi connectivity index (χ3v) is 7.20. The minimum atomic E-state index is -0.620. The van der Waals surface area contributed by atoms with Crippen LogP contribution in [0.3, 0.4) is 0 Å². The molecule has 1 heterocycles. The van der Waals surface area contributed by atoms with Crippen LogP contribution in [0.1, 0.15) is 43.4 Å². The topological polar surface area (TPSA) is 59.1 Å². The molecule has 37 heavy (non-hydrogen) atoms. The van der Waals surface area contributed by atoms with Gasteiger partial charge in [-0.15, -0.1) is 0 Å². The lowest BCUT2D eigenvalue weighted by Crippen LogP contribution is -2.66. The average molecular weight is 501 g/mol. The SMILES string of the molecule is COc1ccc(CN2C(=O)[C@@H]([C@@H](C)c3ccccc3)N(Cc3ccc(OC)cc3)C(=O)[C@@H]2C(C)C)cc1. The monoisotopic (exact) mass is 500 g/mol. The van der Waals surface area contributed by atoms with Crippen LogP contribution in [0, 0.1) is 5.92 Å². The van der Waals surface area contributed by atoms with Gasteiger partial charge in [-0.1, -0.05) is 75.4 Å². The van der Waals surface area contributed by atoms with E-state index in [1.54, 1.807) is 24.0 Å². The molecule has 0 radical (unpaired) electrons. The van der Waals surface area contributed by atoms with Crippen LogP contribution in [0.25, 0.3) is 0 Å². The van der Waals surface area contributed by atoms with Gasteiger partial charge in [0.1, 0.15) is 23.6 Å². The van der Waals surface area contributed by atoms with Gasteiger partial charge in [-0.25, -0.2) is 0 Å². The van der Waals surface area contributed by atoms with Gasteiger partial charge >= 0.3 is 0 Å². The molecule has 1 aliphatic heterocycles. The molecule has 0 bridgehead atoms. The first-order chi connectivity index (χ1) is 17.8. The highest BCUT2D eigenvalue weighted by molar-refractivity contribution is 5.97. The van der Waals surface area contributed by atoms with Gasteiger partial charge in [-0.3, -0.25) is 9.59 Å². The maximum atomic E-state index is 14.3. The number of hydrogen-bond donors (Lipinski definition) is 0. The van der Waals surface area contributed by atoms with Crippen LogP contribution < -0.4 is 9.47 Å². The molecule has 194 valence electrons. The van der Waals surface area contributed by atoms with Crippen LogP contribution in [0.15, 0.2) is 78.9 Å². The summed E-state index contributed by atoms with van der Waals surface area (Å²) in [5.41, 5.74) is 2.95. The van der Waals surface area contributed by atoms with Gasteiger partial charge in [-0.05, 0) is 46.9 Å². The Labute approximate surface area is 219 Å². The van der Waals surface area contributed by atoms with Crippen LogP contribution in [-0.4, -0.2) is 47.9 Å². The molecule has 6 nitrogen and oxygen atoms in total. The lowest BCUT2D eigenvalue weighted by atomic mass is 9.85. The molecule has 6 heteroatoms. The van der Waals surface area contributed by atoms with Crippen molar-refractivity contribution in [3.05, 3.63) is 95.6 Å². The van der Waals surface area contributed by atoms with E-state index in [4.69, 9.17) is 9.47 Å². The van der Waals surface area contributed by atoms with Crippen molar-refractivity contribution >= 4 is 11.8 Å². The van der Waals surface area contributed by atoms with Gasteiger partial charge in [0.2, 0.25) is 11.8 Å². The van der Waals surface area contributed by atoms with Crippen molar-refractivity contribution in [1.29, 1.82) is 0 Å². The second kappa shape index (κ2) is 11.5. The number of rotatable bonds is 9. The lowest BCUT2D eigenvalue weighted by molar-refractivity contribution is -0.166. The first-order valence-electron chi connectivity index (χ1n) is 12.8. The summed E-state index contributed by atoms with van der Waals surface area (Å²) in [7, 11) is 3.26. The summed E-state index contributed by atoms with van der Waals surface area (Å²) in [4.78, 5) is 32.1. The predicted octanol–water partition coefficient (Wildman–Crippen LogP) is 5.27. The Morgan fingerprint density at radius 3 is 1.51 bits per heavy atom. The van der Waals surface area contributed by atoms with Crippen molar-refractivity contribution in [2.75, 3.05) is 14.2 Å². The molecule has 2 amide bonds. The lowest BCUT2D eigenvalue weighted by Gasteiger charge is -2.48. The molecule has 0 aromatic heterocycles. The highest BCUT2D eigenvalue weighted by Crippen LogP contribution is 2.34. The van der Waals surface area contributed by atoms with Gasteiger partial charge in [0.25, 0.3) is 0 Å². The van der Waals surface area contributed by atoms with Gasteiger partial charge in [0, 0.05) is 19.0 Å². The van der Waals surface area contributed by atoms with Crippen molar-refractivity contribution in [2.24, 2.45) is 5.92 Å². The van der Waals surface area contributed by atoms with E-state index in [0.717, 1.165) is 28.2 Å². The third-order valence-electron chi connectivity index (χ3n) is 7.20. The number of methoxy groups -OCH3 is 2. The molecule has 3 aromatic rings. The largest absolute Gasteiger partial charge is 0.497 e. The molecule has 0 saturated carbocycles. The number of amides is 2. The molecule has 3 atom stereocenters. The fraction of sp³-hybridized carbons (Fsp3) is 0.355. The summed E-state index contributed by atoms with van der Waals surface area (Å²) in [6, 6.07) is 24.1. The van der Waals surface area contributed by atoms with E-state index in [1.165, 1.54) is 0 Å². The Hall–Kier alpha value is -3.80. The van der Waals surface area contributed by atoms with Gasteiger partial charge in [0.05, 0.1) is 14.2 Å². The van der Waals surface area contributed by atoms with E-state index in [9.17, 15) is 9.59 Å². The van der Waals surface area contributed by atoms with Gasteiger partial charge in [-0.2, -0.15) is 0 Å². The van der Waals surface area contributed by atoms with Crippen molar-refractivity contribution in [3.63, 3.8) is 0 Å². The summed E-state index contributed by atoms with van der Waals surface area (Å²) in [6.45, 7) is 6.77. The zero-order valence-electron chi connectivity index (χ0n) is 22.3. The highest BCUT2D eigenvalue weighted by atomic mass is 16.5. The number of piperazine rings is 1. The molecule has 4 rings (SSSR count). The van der Waals surface area contributed by atoms with Crippen molar-refractivity contribution in [2.45, 2.75) is 51.9 Å². The van der Waals surface area contributed by atoms with Gasteiger partial charge < -0.3 is 19.3 Å². The van der Waals surface area contributed by atoms with E-state index in [2.05, 4.69) is 0 Å². The molecule has 0 N–H and O–H groups in total. The zero-order valence-corrected chi connectivity index (χ0v) is 22.3. The molecule has 0 aliphatic carbocycles. The number of carbonyl (C=O) groups excluding carboxylic acids is 2. The number of ether oxygens (including phenoxy) is 2. The molecule has 1 fully saturated rings. The molecule has 3 aromatic carbocycles. The standard InChI is InChI=1S/C31H36N2O4/c1-21(2)28-30(34)33(20-24-13-17-27(37-5)18-14-24)29(22(3)25-9-7-6-8-10-25)31(35)32(28)19-23-11-15-26(36-4)16-12-23/h6-18,21-22,28-29H,19-20H2,1-5H3/t22-,28-,29+/m0/s1. The molecule has 1 saturated heterocycles. The Morgan fingerprint density at radius 2 is 1.08 bits per heavy atom. The van der Waals surface area contributed by atoms with Crippen LogP contribution in [0.4, 0.5) is 0 Å². The Balaban J connectivity index is 1.73. The van der Waals surface area contributed by atoms with E-state index in [0.29, 0.717) is 13.1 Å². The smallest absolute Gasteiger partial charge is 0.247 e. The highest BCUT2D eigenvalue weighted by Gasteiger charge is 2.49. The van der Waals surface area contributed by atoms with E-state index < -0.39 is 12.1 Å². The third kappa shape index (κ3) is 5.63. The quantitative estimate of drug-likeness (QED) is 0.402. The Kier molecular flexibility index (Phi) is 8.17. The van der Waals surface area contributed by atoms with E-state index >= 15 is 0 Å². The van der Waals surface area contributed by atoms with Crippen molar-refractivity contribution < 1.29 is 19.1 Å². The van der Waals surface area contributed by atoms with Crippen molar-refractivity contribution in [1.82, 2.24) is 9.80 Å². The first-order valence-corrected chi connectivity index (χ1v) is 12.8. The number of hydrogen-bond acceptors (Lipinski definition) is 4. The van der Waals surface area contributed by atoms with Crippen LogP contribution in [0.2, 0.25) is 0 Å². The maximum Gasteiger partial charge on any atom is 0.247 e. The zero-order chi connectivity index (χ0) is 26.5. The van der Waals surface area contributed by atoms with Crippen LogP contribution >= 0.6 is 0 Å². The number of carbonyl (C=O) groups is 2. The second-order valence-corrected chi connectivity index (χ2v) is 9.96. The summed E-state index contributed by atoms with van der Waals surface area (Å²) < 4.78 is 10.6. The van der Waals surface area contributed by atoms with Crippen LogP contribution in [0.5, 0.6) is 11.5 Å². The van der Waals surface area contributed by atoms with Gasteiger partial charge in [0.15, 0.2) is 0 Å². The second-order valence-electron chi connectivity index (χ2n) is 9.96. The van der Waals surface area contributed by atoms with E-state index in [-0.39, 0.29) is 23.7 Å². The summed E-state index contributed by atoms with van der Waals surface area (Å²) in [6.07, 6.45) is 0. The fourth-order valence-corrected chi connectivity index (χ4v) is 5.16. The minimum Gasteiger partial charge on any atom is -0.497 e.